The Hall–Kier alpha value is -2.71. The molecule has 2 aliphatic rings. The van der Waals surface area contributed by atoms with Crippen LogP contribution in [0.1, 0.15) is 23.2 Å². The van der Waals surface area contributed by atoms with Crippen molar-refractivity contribution in [1.29, 1.82) is 0 Å². The first-order valence-corrected chi connectivity index (χ1v) is 9.79. The van der Waals surface area contributed by atoms with Crippen molar-refractivity contribution in [3.05, 3.63) is 40.8 Å². The molecule has 2 aliphatic heterocycles. The quantitative estimate of drug-likeness (QED) is 0.729. The fourth-order valence-corrected chi connectivity index (χ4v) is 3.87. The smallest absolute Gasteiger partial charge is 0.229 e. The van der Waals surface area contributed by atoms with Crippen LogP contribution < -0.4 is 15.4 Å². The summed E-state index contributed by atoms with van der Waals surface area (Å²) in [4.78, 5) is 10.8. The fraction of sp³-hybridized carbons (Fsp3) is 0.429. The van der Waals surface area contributed by atoms with Crippen molar-refractivity contribution in [2.75, 3.05) is 44.4 Å². The van der Waals surface area contributed by atoms with Crippen LogP contribution in [0.3, 0.4) is 0 Å². The molecule has 1 atom stereocenters. The van der Waals surface area contributed by atoms with Crippen molar-refractivity contribution in [2.45, 2.75) is 25.9 Å². The molecular formula is C21H26FN5O2. The fourth-order valence-electron chi connectivity index (χ4n) is 3.87. The lowest BCUT2D eigenvalue weighted by atomic mass is 9.95. The van der Waals surface area contributed by atoms with E-state index >= 15 is 4.39 Å². The van der Waals surface area contributed by atoms with Gasteiger partial charge in [0, 0.05) is 50.3 Å². The summed E-state index contributed by atoms with van der Waals surface area (Å²) in [5, 5.41) is 16.4. The van der Waals surface area contributed by atoms with Gasteiger partial charge in [-0.1, -0.05) is 6.08 Å². The molecule has 0 bridgehead atoms. The van der Waals surface area contributed by atoms with Crippen LogP contribution in [0.15, 0.2) is 18.2 Å². The lowest BCUT2D eigenvalue weighted by Crippen LogP contribution is -2.27. The SMILES string of the molecule is CNc1cc(C)nc(Nc2cc3c(c(C4=CCN(C)CC(O)C4)c2F)OCC3)n1. The van der Waals surface area contributed by atoms with Gasteiger partial charge in [-0.15, -0.1) is 0 Å². The van der Waals surface area contributed by atoms with Gasteiger partial charge in [-0.05, 0) is 25.6 Å². The number of benzene rings is 1. The van der Waals surface area contributed by atoms with E-state index in [-0.39, 0.29) is 0 Å². The summed E-state index contributed by atoms with van der Waals surface area (Å²) in [6.45, 7) is 3.57. The molecule has 3 heterocycles. The van der Waals surface area contributed by atoms with E-state index in [9.17, 15) is 5.11 Å². The van der Waals surface area contributed by atoms with E-state index in [1.54, 1.807) is 13.1 Å². The van der Waals surface area contributed by atoms with E-state index in [0.717, 1.165) is 16.8 Å². The molecular weight excluding hydrogens is 373 g/mol. The number of aliphatic hydroxyl groups is 1. The zero-order valence-corrected chi connectivity index (χ0v) is 16.9. The van der Waals surface area contributed by atoms with Gasteiger partial charge in [0.05, 0.1) is 24.0 Å². The molecule has 0 amide bonds. The second-order valence-electron chi connectivity index (χ2n) is 7.60. The molecule has 0 aliphatic carbocycles. The third-order valence-electron chi connectivity index (χ3n) is 5.22. The zero-order chi connectivity index (χ0) is 20.5. The highest BCUT2D eigenvalue weighted by Crippen LogP contribution is 2.42. The molecule has 1 aromatic heterocycles. The van der Waals surface area contributed by atoms with Gasteiger partial charge in [-0.25, -0.2) is 9.37 Å². The first kappa shape index (κ1) is 19.6. The van der Waals surface area contributed by atoms with E-state index in [0.29, 0.717) is 61.3 Å². The number of rotatable bonds is 4. The van der Waals surface area contributed by atoms with E-state index in [4.69, 9.17) is 4.74 Å². The summed E-state index contributed by atoms with van der Waals surface area (Å²) in [6.07, 6.45) is 2.51. The number of likely N-dealkylation sites (N-methyl/N-ethyl adjacent to an activating group) is 1. The first-order chi connectivity index (χ1) is 13.9. The van der Waals surface area contributed by atoms with Gasteiger partial charge in [0.2, 0.25) is 5.95 Å². The number of aromatic nitrogens is 2. The molecule has 0 radical (unpaired) electrons. The second kappa shape index (κ2) is 7.96. The first-order valence-electron chi connectivity index (χ1n) is 9.79. The standard InChI is InChI=1S/C21H26FN5O2/c1-12-8-17(23-2)26-21(24-12)25-16-10-14-5-7-29-20(14)18(19(16)22)13-4-6-27(3)11-15(28)9-13/h4,8,10,15,28H,5-7,9,11H2,1-3H3,(H2,23,24,25,26). The van der Waals surface area contributed by atoms with Crippen LogP contribution >= 0.6 is 0 Å². The minimum Gasteiger partial charge on any atom is -0.492 e. The number of nitrogens with one attached hydrogen (secondary N) is 2. The number of β-amino-alcohol motifs (C(OH)–C–C–N with tert-alkyl or cyclic N) is 1. The van der Waals surface area contributed by atoms with Crippen LogP contribution in [-0.4, -0.2) is 59.9 Å². The highest BCUT2D eigenvalue weighted by atomic mass is 19.1. The number of anilines is 3. The minimum atomic E-state index is -0.555. The van der Waals surface area contributed by atoms with Crippen LogP contribution in [0.2, 0.25) is 0 Å². The molecule has 29 heavy (non-hydrogen) atoms. The summed E-state index contributed by atoms with van der Waals surface area (Å²) in [5.74, 6) is 1.15. The molecule has 0 fully saturated rings. The number of hydrogen-bond acceptors (Lipinski definition) is 7. The Kier molecular flexibility index (Phi) is 5.38. The molecule has 0 spiro atoms. The molecule has 8 heteroatoms. The van der Waals surface area contributed by atoms with Crippen molar-refractivity contribution >= 4 is 23.0 Å². The van der Waals surface area contributed by atoms with Crippen molar-refractivity contribution in [3.63, 3.8) is 0 Å². The maximum atomic E-state index is 15.7. The predicted octanol–water partition coefficient (Wildman–Crippen LogP) is 2.72. The molecule has 1 aromatic carbocycles. The average Bonchev–Trinajstić information content (AvgIpc) is 3.06. The summed E-state index contributed by atoms with van der Waals surface area (Å²) in [5.41, 5.74) is 3.22. The molecule has 3 N–H and O–H groups in total. The second-order valence-corrected chi connectivity index (χ2v) is 7.60. The summed E-state index contributed by atoms with van der Waals surface area (Å²) >= 11 is 0. The summed E-state index contributed by atoms with van der Waals surface area (Å²) in [6, 6.07) is 3.59. The lowest BCUT2D eigenvalue weighted by Gasteiger charge is -2.18. The number of nitrogens with zero attached hydrogens (tertiary/aromatic N) is 3. The topological polar surface area (TPSA) is 82.5 Å². The number of fused-ring (bicyclic) bond motifs is 1. The van der Waals surface area contributed by atoms with Crippen molar-refractivity contribution < 1.29 is 14.2 Å². The summed E-state index contributed by atoms with van der Waals surface area (Å²) in [7, 11) is 3.71. The van der Waals surface area contributed by atoms with Crippen molar-refractivity contribution in [2.24, 2.45) is 0 Å². The number of hydrogen-bond donors (Lipinski definition) is 3. The van der Waals surface area contributed by atoms with Crippen LogP contribution in [0, 0.1) is 12.7 Å². The molecule has 4 rings (SSSR count). The van der Waals surface area contributed by atoms with Crippen LogP contribution in [0.25, 0.3) is 5.57 Å². The van der Waals surface area contributed by atoms with E-state index < -0.39 is 11.9 Å². The normalized spacial score (nSPS) is 19.2. The van der Waals surface area contributed by atoms with Gasteiger partial charge in [0.1, 0.15) is 11.6 Å². The Balaban J connectivity index is 1.77. The Morgan fingerprint density at radius 1 is 1.31 bits per heavy atom. The van der Waals surface area contributed by atoms with E-state index in [1.165, 1.54) is 0 Å². The molecule has 154 valence electrons. The maximum Gasteiger partial charge on any atom is 0.229 e. The third kappa shape index (κ3) is 4.04. The summed E-state index contributed by atoms with van der Waals surface area (Å²) < 4.78 is 21.5. The Labute approximate surface area is 169 Å². The van der Waals surface area contributed by atoms with Crippen LogP contribution in [0.5, 0.6) is 5.75 Å². The largest absolute Gasteiger partial charge is 0.492 e. The van der Waals surface area contributed by atoms with E-state index in [1.807, 2.05) is 31.0 Å². The number of ether oxygens (including phenoxy) is 1. The van der Waals surface area contributed by atoms with Crippen LogP contribution in [-0.2, 0) is 6.42 Å². The lowest BCUT2D eigenvalue weighted by molar-refractivity contribution is 0.139. The van der Waals surface area contributed by atoms with Gasteiger partial charge in [0.25, 0.3) is 0 Å². The Morgan fingerprint density at radius 3 is 2.93 bits per heavy atom. The highest BCUT2D eigenvalue weighted by molar-refractivity contribution is 5.78. The zero-order valence-electron chi connectivity index (χ0n) is 16.9. The molecule has 1 unspecified atom stereocenters. The molecule has 0 saturated carbocycles. The minimum absolute atomic E-state index is 0.310. The van der Waals surface area contributed by atoms with Crippen LogP contribution in [0.4, 0.5) is 21.8 Å². The Morgan fingerprint density at radius 2 is 2.14 bits per heavy atom. The number of aliphatic hydroxyl groups excluding tert-OH is 1. The molecule has 0 saturated heterocycles. The number of halogens is 1. The van der Waals surface area contributed by atoms with Gasteiger partial charge in [0.15, 0.2) is 5.82 Å². The number of aryl methyl sites for hydroxylation is 1. The van der Waals surface area contributed by atoms with Crippen molar-refractivity contribution in [3.8, 4) is 5.75 Å². The predicted molar refractivity (Wildman–Crippen MR) is 111 cm³/mol. The Bertz CT molecular complexity index is 963. The monoisotopic (exact) mass is 399 g/mol. The van der Waals surface area contributed by atoms with Gasteiger partial charge >= 0.3 is 0 Å². The highest BCUT2D eigenvalue weighted by Gasteiger charge is 2.28. The van der Waals surface area contributed by atoms with Crippen molar-refractivity contribution in [1.82, 2.24) is 14.9 Å². The third-order valence-corrected chi connectivity index (χ3v) is 5.22. The van der Waals surface area contributed by atoms with Gasteiger partial charge < -0.3 is 25.4 Å². The maximum absolute atomic E-state index is 15.7. The average molecular weight is 399 g/mol. The van der Waals surface area contributed by atoms with Gasteiger partial charge in [-0.2, -0.15) is 4.98 Å². The molecule has 7 nitrogen and oxygen atoms in total. The molecule has 2 aromatic rings. The van der Waals surface area contributed by atoms with E-state index in [2.05, 4.69) is 20.6 Å². The van der Waals surface area contributed by atoms with Gasteiger partial charge in [-0.3, -0.25) is 0 Å².